The van der Waals surface area contributed by atoms with Crippen molar-refractivity contribution in [3.63, 3.8) is 0 Å². The summed E-state index contributed by atoms with van der Waals surface area (Å²) >= 11 is 0. The van der Waals surface area contributed by atoms with E-state index in [1.165, 1.54) is 0 Å². The van der Waals surface area contributed by atoms with Crippen LogP contribution in [0.5, 0.6) is 17.2 Å². The van der Waals surface area contributed by atoms with Crippen LogP contribution < -0.4 is 19.8 Å². The number of benzene rings is 3. The van der Waals surface area contributed by atoms with E-state index in [1.807, 2.05) is 72.8 Å². The Labute approximate surface area is 179 Å². The number of nitrogens with zero attached hydrogens (tertiary/aromatic N) is 2. The normalized spacial score (nSPS) is 12.9. The first-order chi connectivity index (χ1) is 15.2. The highest BCUT2D eigenvalue weighted by Gasteiger charge is 2.18. The Kier molecular flexibility index (Phi) is 4.88. The Morgan fingerprint density at radius 1 is 0.968 bits per heavy atom. The summed E-state index contributed by atoms with van der Waals surface area (Å²) in [6.45, 7) is 0.978. The van der Waals surface area contributed by atoms with Crippen molar-refractivity contribution in [2.45, 2.75) is 0 Å². The summed E-state index contributed by atoms with van der Waals surface area (Å²) in [5, 5.41) is 0.574. The highest BCUT2D eigenvalue weighted by Crippen LogP contribution is 2.40. The molecule has 0 saturated heterocycles. The van der Waals surface area contributed by atoms with E-state index in [9.17, 15) is 4.79 Å². The molecule has 1 aliphatic heterocycles. The summed E-state index contributed by atoms with van der Waals surface area (Å²) in [5.74, 6) is 2.38. The minimum Gasteiger partial charge on any atom is -0.493 e. The third kappa shape index (κ3) is 3.53. The second-order valence-corrected chi connectivity index (χ2v) is 7.04. The molecular formula is C25H20N2O4. The second kappa shape index (κ2) is 7.99. The van der Waals surface area contributed by atoms with E-state index >= 15 is 0 Å². The molecule has 0 saturated carbocycles. The maximum absolute atomic E-state index is 13.3. The number of para-hydroxylation sites is 2. The van der Waals surface area contributed by atoms with Crippen molar-refractivity contribution >= 4 is 23.1 Å². The van der Waals surface area contributed by atoms with Crippen LogP contribution in [-0.2, 0) is 0 Å². The molecule has 0 bridgehead atoms. The van der Waals surface area contributed by atoms with Crippen LogP contribution in [-0.4, -0.2) is 29.9 Å². The van der Waals surface area contributed by atoms with Gasteiger partial charge >= 0.3 is 0 Å². The van der Waals surface area contributed by atoms with Crippen LogP contribution in [0.15, 0.2) is 71.5 Å². The number of methoxy groups -OCH3 is 1. The Morgan fingerprint density at radius 3 is 2.58 bits per heavy atom. The Hall–Kier alpha value is -4.06. The van der Waals surface area contributed by atoms with Gasteiger partial charge in [0.25, 0.3) is 5.56 Å². The molecule has 0 fully saturated rings. The maximum atomic E-state index is 13.3. The molecule has 0 amide bonds. The fourth-order valence-corrected chi connectivity index (χ4v) is 3.65. The average molecular weight is 412 g/mol. The minimum absolute atomic E-state index is 0.115. The summed E-state index contributed by atoms with van der Waals surface area (Å²) in [6.07, 6.45) is 3.71. The molecule has 0 unspecified atom stereocenters. The summed E-state index contributed by atoms with van der Waals surface area (Å²) in [7, 11) is 1.60. The average Bonchev–Trinajstić information content (AvgIpc) is 2.83. The zero-order valence-electron chi connectivity index (χ0n) is 16.9. The Morgan fingerprint density at radius 2 is 1.74 bits per heavy atom. The number of hydrogen-bond donors (Lipinski definition) is 0. The molecule has 1 aromatic heterocycles. The zero-order chi connectivity index (χ0) is 21.2. The standard InChI is InChI=1S/C25H20N2O4/c1-29-21-15-17(16-22-24(21)31-14-13-30-22)11-12-23-26-20-10-6-5-9-19(20)25(28)27(23)18-7-3-2-4-8-18/h2-12,15-16H,13-14H2,1H3/b12-11+. The van der Waals surface area contributed by atoms with Crippen LogP contribution in [0.3, 0.4) is 0 Å². The lowest BCUT2D eigenvalue weighted by Crippen LogP contribution is -2.22. The SMILES string of the molecule is COc1cc(/C=C/c2nc3ccccc3c(=O)n2-c2ccccc2)cc2c1OCCO2. The molecule has 154 valence electrons. The monoisotopic (exact) mass is 412 g/mol. The van der Waals surface area contributed by atoms with Crippen LogP contribution in [0.25, 0.3) is 28.7 Å². The van der Waals surface area contributed by atoms with Crippen LogP contribution in [0.4, 0.5) is 0 Å². The lowest BCUT2D eigenvalue weighted by Gasteiger charge is -2.21. The van der Waals surface area contributed by atoms with Crippen molar-refractivity contribution in [3.8, 4) is 22.9 Å². The number of aromatic nitrogens is 2. The van der Waals surface area contributed by atoms with E-state index < -0.39 is 0 Å². The predicted octanol–water partition coefficient (Wildman–Crippen LogP) is 4.34. The van der Waals surface area contributed by atoms with Crippen molar-refractivity contribution in [2.24, 2.45) is 0 Å². The topological polar surface area (TPSA) is 62.6 Å². The Balaban J connectivity index is 1.65. The summed E-state index contributed by atoms with van der Waals surface area (Å²) < 4.78 is 18.5. The third-order valence-electron chi connectivity index (χ3n) is 5.09. The van der Waals surface area contributed by atoms with Gasteiger partial charge in [-0.2, -0.15) is 0 Å². The molecule has 0 N–H and O–H groups in total. The molecule has 3 aromatic carbocycles. The summed E-state index contributed by atoms with van der Waals surface area (Å²) in [5.41, 5.74) is 2.14. The van der Waals surface area contributed by atoms with Crippen molar-refractivity contribution in [3.05, 3.63) is 88.5 Å². The molecule has 6 heteroatoms. The highest BCUT2D eigenvalue weighted by atomic mass is 16.6. The van der Waals surface area contributed by atoms with Gasteiger partial charge in [-0.25, -0.2) is 4.98 Å². The van der Waals surface area contributed by atoms with Gasteiger partial charge in [-0.3, -0.25) is 9.36 Å². The molecule has 5 rings (SSSR count). The number of fused-ring (bicyclic) bond motifs is 2. The van der Waals surface area contributed by atoms with Crippen molar-refractivity contribution in [1.82, 2.24) is 9.55 Å². The van der Waals surface area contributed by atoms with E-state index in [4.69, 9.17) is 19.2 Å². The van der Waals surface area contributed by atoms with Gasteiger partial charge < -0.3 is 14.2 Å². The molecule has 4 aromatic rings. The molecular weight excluding hydrogens is 392 g/mol. The fraction of sp³-hybridized carbons (Fsp3) is 0.120. The maximum Gasteiger partial charge on any atom is 0.266 e. The van der Waals surface area contributed by atoms with Gasteiger partial charge in [-0.1, -0.05) is 36.4 Å². The van der Waals surface area contributed by atoms with E-state index in [-0.39, 0.29) is 5.56 Å². The number of ether oxygens (including phenoxy) is 3. The van der Waals surface area contributed by atoms with E-state index in [2.05, 4.69) is 0 Å². The molecule has 6 nitrogen and oxygen atoms in total. The van der Waals surface area contributed by atoms with Gasteiger partial charge in [0, 0.05) is 0 Å². The summed E-state index contributed by atoms with van der Waals surface area (Å²) in [6, 6.07) is 20.6. The number of hydrogen-bond acceptors (Lipinski definition) is 5. The largest absolute Gasteiger partial charge is 0.493 e. The first kappa shape index (κ1) is 18.9. The first-order valence-corrected chi connectivity index (χ1v) is 9.97. The molecule has 31 heavy (non-hydrogen) atoms. The molecule has 0 spiro atoms. The van der Waals surface area contributed by atoms with Crippen LogP contribution >= 0.6 is 0 Å². The van der Waals surface area contributed by atoms with Gasteiger partial charge in [-0.05, 0) is 48.0 Å². The molecule has 0 radical (unpaired) electrons. The first-order valence-electron chi connectivity index (χ1n) is 9.97. The third-order valence-corrected chi connectivity index (χ3v) is 5.09. The van der Waals surface area contributed by atoms with Gasteiger partial charge in [0.2, 0.25) is 5.75 Å². The fourth-order valence-electron chi connectivity index (χ4n) is 3.65. The summed E-state index contributed by atoms with van der Waals surface area (Å²) in [4.78, 5) is 18.0. The predicted molar refractivity (Wildman–Crippen MR) is 120 cm³/mol. The lowest BCUT2D eigenvalue weighted by atomic mass is 10.1. The van der Waals surface area contributed by atoms with Crippen molar-refractivity contribution in [1.29, 1.82) is 0 Å². The minimum atomic E-state index is -0.115. The lowest BCUT2D eigenvalue weighted by molar-refractivity contribution is 0.165. The van der Waals surface area contributed by atoms with Gasteiger partial charge in [0.05, 0.1) is 23.7 Å². The molecule has 0 aliphatic carbocycles. The number of rotatable bonds is 4. The molecule has 0 atom stereocenters. The zero-order valence-corrected chi connectivity index (χ0v) is 16.9. The van der Waals surface area contributed by atoms with Crippen LogP contribution in [0, 0.1) is 0 Å². The van der Waals surface area contributed by atoms with E-state index in [1.54, 1.807) is 17.7 Å². The van der Waals surface area contributed by atoms with Crippen LogP contribution in [0.2, 0.25) is 0 Å². The van der Waals surface area contributed by atoms with Crippen LogP contribution in [0.1, 0.15) is 11.4 Å². The van der Waals surface area contributed by atoms with E-state index in [0.29, 0.717) is 47.2 Å². The van der Waals surface area contributed by atoms with Gasteiger partial charge in [0.15, 0.2) is 11.5 Å². The van der Waals surface area contributed by atoms with E-state index in [0.717, 1.165) is 11.3 Å². The molecule has 1 aliphatic rings. The Bertz CT molecular complexity index is 1330. The second-order valence-electron chi connectivity index (χ2n) is 7.04. The van der Waals surface area contributed by atoms with Gasteiger partial charge in [0.1, 0.15) is 19.0 Å². The van der Waals surface area contributed by atoms with Crippen molar-refractivity contribution in [2.75, 3.05) is 20.3 Å². The highest BCUT2D eigenvalue weighted by molar-refractivity contribution is 5.80. The van der Waals surface area contributed by atoms with Gasteiger partial charge in [-0.15, -0.1) is 0 Å². The molecule has 2 heterocycles. The quantitative estimate of drug-likeness (QED) is 0.499. The van der Waals surface area contributed by atoms with Crippen molar-refractivity contribution < 1.29 is 14.2 Å². The smallest absolute Gasteiger partial charge is 0.266 e.